The van der Waals surface area contributed by atoms with E-state index in [1.54, 1.807) is 30.3 Å². The van der Waals surface area contributed by atoms with E-state index in [1.807, 2.05) is 12.1 Å². The lowest BCUT2D eigenvalue weighted by atomic mass is 10.0. The van der Waals surface area contributed by atoms with Crippen LogP contribution in [0, 0.1) is 10.8 Å². The Labute approximate surface area is 154 Å². The van der Waals surface area contributed by atoms with E-state index in [4.69, 9.17) is 32.1 Å². The summed E-state index contributed by atoms with van der Waals surface area (Å²) in [5.74, 6) is 0.591. The molecule has 0 aromatic heterocycles. The third kappa shape index (κ3) is 4.99. The molecule has 0 bridgehead atoms. The Morgan fingerprint density at radius 3 is 2.23 bits per heavy atom. The maximum Gasteiger partial charge on any atom is 0.192 e. The Hall–Kier alpha value is -3.02. The quantitative estimate of drug-likeness (QED) is 0.171. The van der Waals surface area contributed by atoms with E-state index in [0.29, 0.717) is 22.6 Å². The zero-order valence-electron chi connectivity index (χ0n) is 15.0. The van der Waals surface area contributed by atoms with Crippen molar-refractivity contribution in [3.05, 3.63) is 59.2 Å². The summed E-state index contributed by atoms with van der Waals surface area (Å²) in [6, 6.07) is 12.4. The number of hydrogen-bond donors (Lipinski definition) is 4. The van der Waals surface area contributed by atoms with Crippen LogP contribution >= 0.6 is 0 Å². The van der Waals surface area contributed by atoms with Crippen LogP contribution in [-0.4, -0.2) is 11.7 Å². The van der Waals surface area contributed by atoms with Crippen LogP contribution in [0.1, 0.15) is 49.3 Å². The van der Waals surface area contributed by atoms with Gasteiger partial charge in [0.05, 0.1) is 11.1 Å². The molecule has 0 atom stereocenters. The van der Waals surface area contributed by atoms with Crippen molar-refractivity contribution < 1.29 is 9.78 Å². The van der Waals surface area contributed by atoms with Gasteiger partial charge in [-0.3, -0.25) is 20.6 Å². The Morgan fingerprint density at radius 2 is 1.54 bits per heavy atom. The second-order valence-corrected chi connectivity index (χ2v) is 6.09. The van der Waals surface area contributed by atoms with Crippen molar-refractivity contribution in [1.29, 1.82) is 10.8 Å². The minimum absolute atomic E-state index is 0.0844. The van der Waals surface area contributed by atoms with Crippen molar-refractivity contribution in [2.24, 2.45) is 11.5 Å². The molecule has 0 fully saturated rings. The van der Waals surface area contributed by atoms with E-state index in [0.717, 1.165) is 24.8 Å². The third-order valence-corrected chi connectivity index (χ3v) is 4.08. The largest absolute Gasteiger partial charge is 0.384 e. The minimum Gasteiger partial charge on any atom is -0.384 e. The number of aryl methyl sites for hydroxylation is 1. The summed E-state index contributed by atoms with van der Waals surface area (Å²) in [5, 5.41) is 15.4. The van der Waals surface area contributed by atoms with Crippen molar-refractivity contribution in [2.75, 3.05) is 0 Å². The highest BCUT2D eigenvalue weighted by atomic mass is 17.2. The number of benzene rings is 2. The molecule has 0 saturated heterocycles. The van der Waals surface area contributed by atoms with Crippen LogP contribution in [0.5, 0.6) is 11.5 Å². The first kappa shape index (κ1) is 19.3. The number of para-hydroxylation sites is 2. The van der Waals surface area contributed by atoms with E-state index in [-0.39, 0.29) is 11.7 Å². The van der Waals surface area contributed by atoms with E-state index < -0.39 is 0 Å². The Morgan fingerprint density at radius 1 is 0.846 bits per heavy atom. The van der Waals surface area contributed by atoms with Crippen LogP contribution in [0.3, 0.4) is 0 Å². The fraction of sp³-hybridized carbons (Fsp3) is 0.300. The number of rotatable bonds is 10. The Balaban J connectivity index is 2.23. The average molecular weight is 354 g/mol. The van der Waals surface area contributed by atoms with E-state index in [1.165, 1.54) is 12.8 Å². The second kappa shape index (κ2) is 9.46. The van der Waals surface area contributed by atoms with Gasteiger partial charge >= 0.3 is 0 Å². The molecule has 138 valence electrons. The Bertz CT molecular complexity index is 774. The highest BCUT2D eigenvalue weighted by Gasteiger charge is 2.15. The van der Waals surface area contributed by atoms with Crippen molar-refractivity contribution in [3.63, 3.8) is 0 Å². The zero-order valence-corrected chi connectivity index (χ0v) is 15.0. The molecule has 0 aliphatic heterocycles. The summed E-state index contributed by atoms with van der Waals surface area (Å²) in [5.41, 5.74) is 13.1. The molecule has 0 spiro atoms. The molecule has 2 aromatic rings. The first-order chi connectivity index (χ1) is 12.5. The molecule has 0 heterocycles. The van der Waals surface area contributed by atoms with Gasteiger partial charge in [0, 0.05) is 5.56 Å². The maximum atomic E-state index is 7.80. The number of nitrogen functional groups attached to an aromatic ring is 2. The summed E-state index contributed by atoms with van der Waals surface area (Å²) in [6.07, 6.45) is 5.32. The first-order valence-electron chi connectivity index (χ1n) is 8.78. The van der Waals surface area contributed by atoms with Gasteiger partial charge in [0.1, 0.15) is 11.7 Å². The van der Waals surface area contributed by atoms with Crippen molar-refractivity contribution >= 4 is 11.7 Å². The molecule has 0 amide bonds. The topological polar surface area (TPSA) is 118 Å². The molecular weight excluding hydrogens is 328 g/mol. The Kier molecular flexibility index (Phi) is 7.02. The molecule has 6 nitrogen and oxygen atoms in total. The number of nitrogens with one attached hydrogen (secondary N) is 2. The summed E-state index contributed by atoms with van der Waals surface area (Å²) in [4.78, 5) is 11.1. The molecule has 6 heteroatoms. The average Bonchev–Trinajstić information content (AvgIpc) is 2.63. The second-order valence-electron chi connectivity index (χ2n) is 6.09. The van der Waals surface area contributed by atoms with E-state index >= 15 is 0 Å². The van der Waals surface area contributed by atoms with Gasteiger partial charge in [0.25, 0.3) is 0 Å². The predicted molar refractivity (Wildman–Crippen MR) is 104 cm³/mol. The summed E-state index contributed by atoms with van der Waals surface area (Å²) >= 11 is 0. The van der Waals surface area contributed by atoms with Crippen molar-refractivity contribution in [2.45, 2.75) is 39.0 Å². The summed E-state index contributed by atoms with van der Waals surface area (Å²) in [6.45, 7) is 2.17. The normalized spacial score (nSPS) is 10.3. The van der Waals surface area contributed by atoms with Gasteiger partial charge in [-0.15, -0.1) is 0 Å². The van der Waals surface area contributed by atoms with Crippen LogP contribution in [-0.2, 0) is 6.42 Å². The van der Waals surface area contributed by atoms with E-state index in [2.05, 4.69) is 6.92 Å². The maximum absolute atomic E-state index is 7.80. The SMILES string of the molecule is CCCCCCc1cccc(C(=N)N)c1OOc1ccccc1C(=N)N. The lowest BCUT2D eigenvalue weighted by molar-refractivity contribution is -0.101. The van der Waals surface area contributed by atoms with Crippen LogP contribution in [0.15, 0.2) is 42.5 Å². The fourth-order valence-corrected chi connectivity index (χ4v) is 2.68. The highest BCUT2D eigenvalue weighted by Crippen LogP contribution is 2.28. The van der Waals surface area contributed by atoms with Gasteiger partial charge in [-0.25, -0.2) is 0 Å². The highest BCUT2D eigenvalue weighted by molar-refractivity contribution is 5.98. The van der Waals surface area contributed by atoms with Gasteiger partial charge in [-0.1, -0.05) is 50.5 Å². The molecule has 0 radical (unpaired) electrons. The minimum atomic E-state index is -0.108. The molecule has 0 unspecified atom stereocenters. The number of amidine groups is 2. The molecule has 6 N–H and O–H groups in total. The van der Waals surface area contributed by atoms with Crippen molar-refractivity contribution in [3.8, 4) is 11.5 Å². The fourth-order valence-electron chi connectivity index (χ4n) is 2.68. The molecule has 2 rings (SSSR count). The predicted octanol–water partition coefficient (Wildman–Crippen LogP) is 3.75. The number of nitrogens with two attached hydrogens (primary N) is 2. The molecule has 0 aliphatic carbocycles. The zero-order chi connectivity index (χ0) is 18.9. The lowest BCUT2D eigenvalue weighted by Gasteiger charge is -2.15. The monoisotopic (exact) mass is 354 g/mol. The summed E-state index contributed by atoms with van der Waals surface area (Å²) < 4.78 is 0. The van der Waals surface area contributed by atoms with Crippen LogP contribution in [0.2, 0.25) is 0 Å². The van der Waals surface area contributed by atoms with Gasteiger partial charge < -0.3 is 11.5 Å². The van der Waals surface area contributed by atoms with Crippen molar-refractivity contribution in [1.82, 2.24) is 0 Å². The van der Waals surface area contributed by atoms with Gasteiger partial charge in [-0.2, -0.15) is 0 Å². The molecular formula is C20H26N4O2. The molecule has 2 aromatic carbocycles. The number of hydrogen-bond acceptors (Lipinski definition) is 4. The van der Waals surface area contributed by atoms with Crippen LogP contribution in [0.4, 0.5) is 0 Å². The van der Waals surface area contributed by atoms with Gasteiger partial charge in [-0.05, 0) is 31.0 Å². The summed E-state index contributed by atoms with van der Waals surface area (Å²) in [7, 11) is 0. The van der Waals surface area contributed by atoms with Crippen LogP contribution < -0.4 is 21.2 Å². The van der Waals surface area contributed by atoms with Gasteiger partial charge in [0.15, 0.2) is 11.5 Å². The molecule has 0 aliphatic rings. The lowest BCUT2D eigenvalue weighted by Crippen LogP contribution is -2.17. The molecule has 26 heavy (non-hydrogen) atoms. The van der Waals surface area contributed by atoms with Gasteiger partial charge in [0.2, 0.25) is 0 Å². The smallest absolute Gasteiger partial charge is 0.192 e. The molecule has 0 saturated carbocycles. The first-order valence-corrected chi connectivity index (χ1v) is 8.78. The van der Waals surface area contributed by atoms with E-state index in [9.17, 15) is 0 Å². The van der Waals surface area contributed by atoms with Crippen LogP contribution in [0.25, 0.3) is 0 Å². The standard InChI is InChI=1S/C20H26N4O2/c1-2-3-4-5-9-14-10-8-12-16(20(23)24)18(14)26-25-17-13-7-6-11-15(17)19(21)22/h6-8,10-13H,2-5,9H2,1H3,(H3,21,22)(H3,23,24). The number of unbranched alkanes of at least 4 members (excludes halogenated alkanes) is 3. The third-order valence-electron chi connectivity index (χ3n) is 4.08.